The maximum absolute atomic E-state index is 12.0. The Morgan fingerprint density at radius 3 is 2.80 bits per heavy atom. The minimum atomic E-state index is -0.319. The van der Waals surface area contributed by atoms with Crippen molar-refractivity contribution in [2.24, 2.45) is 0 Å². The number of amides is 1. The summed E-state index contributed by atoms with van der Waals surface area (Å²) in [6, 6.07) is 6.84. The van der Waals surface area contributed by atoms with E-state index in [1.807, 2.05) is 20.0 Å². The van der Waals surface area contributed by atoms with Crippen molar-refractivity contribution in [2.75, 3.05) is 13.6 Å². The molecule has 1 saturated heterocycles. The Morgan fingerprint density at radius 2 is 2.15 bits per heavy atom. The zero-order chi connectivity index (χ0) is 14.1. The second kappa shape index (κ2) is 5.44. The van der Waals surface area contributed by atoms with Crippen LogP contribution < -0.4 is 10.1 Å². The van der Waals surface area contributed by atoms with Crippen LogP contribution in [0.5, 0.6) is 5.75 Å². The molecule has 4 heteroatoms. The minimum Gasteiger partial charge on any atom is -0.480 e. The first-order valence-electron chi connectivity index (χ1n) is 7.38. The van der Waals surface area contributed by atoms with Crippen LogP contribution in [0.15, 0.2) is 18.2 Å². The van der Waals surface area contributed by atoms with Crippen LogP contribution in [-0.4, -0.2) is 36.5 Å². The highest BCUT2D eigenvalue weighted by Gasteiger charge is 2.31. The van der Waals surface area contributed by atoms with E-state index in [1.54, 1.807) is 4.90 Å². The third-order valence-corrected chi connectivity index (χ3v) is 4.09. The van der Waals surface area contributed by atoms with Crippen LogP contribution in [0.3, 0.4) is 0 Å². The van der Waals surface area contributed by atoms with Gasteiger partial charge >= 0.3 is 0 Å². The number of likely N-dealkylation sites (N-methyl/N-ethyl adjacent to an activating group) is 1. The number of hydrogen-bond donors (Lipinski definition) is 1. The van der Waals surface area contributed by atoms with Gasteiger partial charge in [-0.2, -0.15) is 0 Å². The molecule has 20 heavy (non-hydrogen) atoms. The molecule has 2 fully saturated rings. The lowest BCUT2D eigenvalue weighted by molar-refractivity contribution is -0.132. The van der Waals surface area contributed by atoms with Crippen LogP contribution in [0.4, 0.5) is 0 Å². The highest BCUT2D eigenvalue weighted by molar-refractivity contribution is 5.83. The van der Waals surface area contributed by atoms with Gasteiger partial charge in [0, 0.05) is 38.2 Å². The average molecular weight is 274 g/mol. The molecule has 1 saturated carbocycles. The van der Waals surface area contributed by atoms with Crippen molar-refractivity contribution in [3.05, 3.63) is 29.3 Å². The smallest absolute Gasteiger partial charge is 0.263 e. The molecule has 1 aromatic carbocycles. The molecular formula is C16H22N2O2. The summed E-state index contributed by atoms with van der Waals surface area (Å²) in [5, 5.41) is 3.51. The van der Waals surface area contributed by atoms with Gasteiger partial charge in [-0.05, 0) is 25.3 Å². The molecule has 0 radical (unpaired) electrons. The fourth-order valence-electron chi connectivity index (χ4n) is 2.60. The van der Waals surface area contributed by atoms with Crippen LogP contribution in [-0.2, 0) is 11.3 Å². The van der Waals surface area contributed by atoms with Crippen LogP contribution in [0.2, 0.25) is 0 Å². The van der Waals surface area contributed by atoms with E-state index in [-0.39, 0.29) is 12.0 Å². The van der Waals surface area contributed by atoms with Crippen molar-refractivity contribution in [2.45, 2.75) is 44.9 Å². The molecule has 1 aliphatic carbocycles. The zero-order valence-corrected chi connectivity index (χ0v) is 12.2. The van der Waals surface area contributed by atoms with Crippen molar-refractivity contribution in [1.29, 1.82) is 0 Å². The van der Waals surface area contributed by atoms with Crippen LogP contribution in [0, 0.1) is 6.92 Å². The van der Waals surface area contributed by atoms with Gasteiger partial charge in [0.15, 0.2) is 6.10 Å². The first-order valence-corrected chi connectivity index (χ1v) is 7.38. The molecule has 0 aromatic heterocycles. The number of hydrogen-bond acceptors (Lipinski definition) is 3. The van der Waals surface area contributed by atoms with Crippen molar-refractivity contribution < 1.29 is 9.53 Å². The van der Waals surface area contributed by atoms with E-state index in [4.69, 9.17) is 4.74 Å². The lowest BCUT2D eigenvalue weighted by atomic mass is 10.1. The molecule has 2 aliphatic rings. The molecule has 1 aromatic rings. The van der Waals surface area contributed by atoms with Gasteiger partial charge in [-0.1, -0.05) is 18.2 Å². The van der Waals surface area contributed by atoms with Crippen LogP contribution in [0.1, 0.15) is 30.4 Å². The van der Waals surface area contributed by atoms with Gasteiger partial charge < -0.3 is 15.0 Å². The largest absolute Gasteiger partial charge is 0.480 e. The van der Waals surface area contributed by atoms with Gasteiger partial charge in [0.05, 0.1) is 0 Å². The first-order chi connectivity index (χ1) is 9.65. The maximum atomic E-state index is 12.0. The molecule has 0 spiro atoms. The minimum absolute atomic E-state index is 0.0920. The Bertz CT molecular complexity index is 511. The number of benzene rings is 1. The van der Waals surface area contributed by atoms with Gasteiger partial charge in [0.1, 0.15) is 5.75 Å². The lowest BCUT2D eigenvalue weighted by Gasteiger charge is -2.18. The zero-order valence-electron chi connectivity index (χ0n) is 12.2. The molecule has 1 unspecified atom stereocenters. The predicted octanol–water partition coefficient (Wildman–Crippen LogP) is 1.86. The standard InChI is InChI=1S/C16H22N2O2/c1-11-4-3-5-12(10-17-13-6-7-13)15(11)20-14-8-9-18(2)16(14)19/h3-5,13-14,17H,6-10H2,1-2H3. The summed E-state index contributed by atoms with van der Waals surface area (Å²) in [7, 11) is 1.83. The number of nitrogens with one attached hydrogen (secondary N) is 1. The molecule has 1 N–H and O–H groups in total. The first kappa shape index (κ1) is 13.4. The highest BCUT2D eigenvalue weighted by Crippen LogP contribution is 2.28. The second-order valence-corrected chi connectivity index (χ2v) is 5.87. The Labute approximate surface area is 120 Å². The van der Waals surface area contributed by atoms with Crippen LogP contribution >= 0.6 is 0 Å². The van der Waals surface area contributed by atoms with Crippen molar-refractivity contribution in [3.63, 3.8) is 0 Å². The van der Waals surface area contributed by atoms with Crippen molar-refractivity contribution >= 4 is 5.91 Å². The molecular weight excluding hydrogens is 252 g/mol. The summed E-state index contributed by atoms with van der Waals surface area (Å²) in [6.45, 7) is 3.64. The molecule has 0 bridgehead atoms. The summed E-state index contributed by atoms with van der Waals surface area (Å²) in [5.41, 5.74) is 2.25. The summed E-state index contributed by atoms with van der Waals surface area (Å²) < 4.78 is 6.04. The van der Waals surface area contributed by atoms with E-state index < -0.39 is 0 Å². The summed E-state index contributed by atoms with van der Waals surface area (Å²) in [5.74, 6) is 0.976. The quantitative estimate of drug-likeness (QED) is 0.891. The number of para-hydroxylation sites is 1. The van der Waals surface area contributed by atoms with E-state index >= 15 is 0 Å². The third-order valence-electron chi connectivity index (χ3n) is 4.09. The highest BCUT2D eigenvalue weighted by atomic mass is 16.5. The van der Waals surface area contributed by atoms with E-state index in [1.165, 1.54) is 12.8 Å². The number of rotatable bonds is 5. The SMILES string of the molecule is Cc1cccc(CNC2CC2)c1OC1CCN(C)C1=O. The predicted molar refractivity (Wildman–Crippen MR) is 77.7 cm³/mol. The summed E-state index contributed by atoms with van der Waals surface area (Å²) in [6.07, 6.45) is 3.00. The number of carbonyl (C=O) groups is 1. The molecule has 1 amide bonds. The summed E-state index contributed by atoms with van der Waals surface area (Å²) >= 11 is 0. The molecule has 1 aliphatic heterocycles. The molecule has 1 heterocycles. The number of likely N-dealkylation sites (tertiary alicyclic amines) is 1. The number of ether oxygens (including phenoxy) is 1. The Morgan fingerprint density at radius 1 is 1.35 bits per heavy atom. The van der Waals surface area contributed by atoms with Gasteiger partial charge in [-0.3, -0.25) is 4.79 Å². The van der Waals surface area contributed by atoms with Crippen molar-refractivity contribution in [3.8, 4) is 5.75 Å². The van der Waals surface area contributed by atoms with E-state index in [0.717, 1.165) is 36.4 Å². The van der Waals surface area contributed by atoms with Gasteiger partial charge in [0.25, 0.3) is 5.91 Å². The molecule has 1 atom stereocenters. The Hall–Kier alpha value is -1.55. The van der Waals surface area contributed by atoms with E-state index in [0.29, 0.717) is 6.04 Å². The molecule has 108 valence electrons. The fraction of sp³-hybridized carbons (Fsp3) is 0.562. The van der Waals surface area contributed by atoms with E-state index in [2.05, 4.69) is 17.4 Å². The Balaban J connectivity index is 1.74. The summed E-state index contributed by atoms with van der Waals surface area (Å²) in [4.78, 5) is 13.7. The number of aryl methyl sites for hydroxylation is 1. The second-order valence-electron chi connectivity index (χ2n) is 5.87. The van der Waals surface area contributed by atoms with Gasteiger partial charge in [-0.25, -0.2) is 0 Å². The van der Waals surface area contributed by atoms with Crippen molar-refractivity contribution in [1.82, 2.24) is 10.2 Å². The normalized spacial score (nSPS) is 22.4. The van der Waals surface area contributed by atoms with Crippen LogP contribution in [0.25, 0.3) is 0 Å². The van der Waals surface area contributed by atoms with E-state index in [9.17, 15) is 4.79 Å². The number of nitrogens with zero attached hydrogens (tertiary/aromatic N) is 1. The average Bonchev–Trinajstić information content (AvgIpc) is 3.21. The number of carbonyl (C=O) groups excluding carboxylic acids is 1. The molecule has 4 nitrogen and oxygen atoms in total. The monoisotopic (exact) mass is 274 g/mol. The van der Waals surface area contributed by atoms with Gasteiger partial charge in [-0.15, -0.1) is 0 Å². The fourth-order valence-corrected chi connectivity index (χ4v) is 2.60. The topological polar surface area (TPSA) is 41.6 Å². The third kappa shape index (κ3) is 2.80. The van der Waals surface area contributed by atoms with Gasteiger partial charge in [0.2, 0.25) is 0 Å². The molecule has 3 rings (SSSR count). The maximum Gasteiger partial charge on any atom is 0.263 e. The lowest BCUT2D eigenvalue weighted by Crippen LogP contribution is -2.30. The Kier molecular flexibility index (Phi) is 3.66.